The van der Waals surface area contributed by atoms with Crippen LogP contribution < -0.4 is 5.32 Å². The van der Waals surface area contributed by atoms with Gasteiger partial charge >= 0.3 is 0 Å². The second-order valence-electron chi connectivity index (χ2n) is 5.53. The zero-order valence-corrected chi connectivity index (χ0v) is 12.4. The van der Waals surface area contributed by atoms with Crippen LogP contribution in [-0.4, -0.2) is 29.5 Å². The minimum absolute atomic E-state index is 0.874. The molecule has 106 valence electrons. The van der Waals surface area contributed by atoms with Crippen molar-refractivity contribution in [3.8, 4) is 0 Å². The van der Waals surface area contributed by atoms with Gasteiger partial charge in [-0.2, -0.15) is 0 Å². The molecule has 1 heterocycles. The van der Waals surface area contributed by atoms with Gasteiger partial charge in [-0.3, -0.25) is 9.88 Å². The van der Waals surface area contributed by atoms with Crippen molar-refractivity contribution in [2.24, 2.45) is 5.92 Å². The maximum atomic E-state index is 4.74. The fraction of sp³-hybridized carbons (Fsp3) is 0.688. The van der Waals surface area contributed by atoms with E-state index in [1.165, 1.54) is 31.5 Å². The van der Waals surface area contributed by atoms with Gasteiger partial charge in [-0.25, -0.2) is 0 Å². The quantitative estimate of drug-likeness (QED) is 0.780. The lowest BCUT2D eigenvalue weighted by Crippen LogP contribution is -2.32. The van der Waals surface area contributed by atoms with Crippen LogP contribution in [0.25, 0.3) is 0 Å². The van der Waals surface area contributed by atoms with Gasteiger partial charge in [-0.05, 0) is 44.0 Å². The molecular formula is C16H27N3. The Morgan fingerprint density at radius 1 is 1.26 bits per heavy atom. The highest BCUT2D eigenvalue weighted by Crippen LogP contribution is 2.27. The van der Waals surface area contributed by atoms with Crippen molar-refractivity contribution >= 4 is 0 Å². The van der Waals surface area contributed by atoms with E-state index in [0.29, 0.717) is 0 Å². The highest BCUT2D eigenvalue weighted by atomic mass is 15.1. The summed E-state index contributed by atoms with van der Waals surface area (Å²) in [6.45, 7) is 9.61. The van der Waals surface area contributed by atoms with Crippen LogP contribution in [0.1, 0.15) is 44.5 Å². The molecule has 0 unspecified atom stereocenters. The number of nitrogens with zero attached hydrogens (tertiary/aromatic N) is 2. The minimum Gasteiger partial charge on any atom is -0.311 e. The van der Waals surface area contributed by atoms with Gasteiger partial charge in [0, 0.05) is 19.6 Å². The smallest absolute Gasteiger partial charge is 0.0547 e. The number of aromatic nitrogens is 1. The van der Waals surface area contributed by atoms with Gasteiger partial charge in [0.2, 0.25) is 0 Å². The van der Waals surface area contributed by atoms with Crippen LogP contribution in [0.4, 0.5) is 0 Å². The molecule has 0 bridgehead atoms. The van der Waals surface area contributed by atoms with Crippen molar-refractivity contribution in [3.05, 3.63) is 29.6 Å². The second-order valence-corrected chi connectivity index (χ2v) is 5.53. The Morgan fingerprint density at radius 3 is 2.68 bits per heavy atom. The van der Waals surface area contributed by atoms with Gasteiger partial charge in [-0.15, -0.1) is 0 Å². The van der Waals surface area contributed by atoms with E-state index in [9.17, 15) is 0 Å². The van der Waals surface area contributed by atoms with Crippen LogP contribution in [0, 0.1) is 5.92 Å². The predicted octanol–water partition coefficient (Wildman–Crippen LogP) is 2.81. The summed E-state index contributed by atoms with van der Waals surface area (Å²) < 4.78 is 0. The van der Waals surface area contributed by atoms with Gasteiger partial charge in [0.25, 0.3) is 0 Å². The molecule has 3 heteroatoms. The molecule has 1 aromatic heterocycles. The fourth-order valence-corrected chi connectivity index (χ4v) is 2.54. The summed E-state index contributed by atoms with van der Waals surface area (Å²) in [5, 5.41) is 3.33. The maximum Gasteiger partial charge on any atom is 0.0547 e. The van der Waals surface area contributed by atoms with Crippen molar-refractivity contribution in [3.63, 3.8) is 0 Å². The first-order valence-electron chi connectivity index (χ1n) is 7.69. The van der Waals surface area contributed by atoms with E-state index in [0.717, 1.165) is 37.8 Å². The Bertz CT molecular complexity index is 374. The van der Waals surface area contributed by atoms with Gasteiger partial charge in [0.1, 0.15) is 0 Å². The number of rotatable bonds is 8. The molecule has 3 nitrogen and oxygen atoms in total. The Hall–Kier alpha value is -0.930. The van der Waals surface area contributed by atoms with E-state index in [4.69, 9.17) is 4.98 Å². The van der Waals surface area contributed by atoms with Crippen LogP contribution >= 0.6 is 0 Å². The third-order valence-corrected chi connectivity index (χ3v) is 3.99. The summed E-state index contributed by atoms with van der Waals surface area (Å²) in [7, 11) is 0. The van der Waals surface area contributed by atoms with Crippen molar-refractivity contribution in [2.45, 2.75) is 46.2 Å². The van der Waals surface area contributed by atoms with Crippen molar-refractivity contribution < 1.29 is 0 Å². The molecule has 1 aliphatic rings. The molecule has 1 N–H and O–H groups in total. The molecule has 0 saturated heterocycles. The molecular weight excluding hydrogens is 234 g/mol. The zero-order chi connectivity index (χ0) is 13.5. The molecule has 0 spiro atoms. The second kappa shape index (κ2) is 7.61. The normalized spacial score (nSPS) is 15.7. The fourth-order valence-electron chi connectivity index (χ4n) is 2.54. The molecule has 1 aromatic rings. The van der Waals surface area contributed by atoms with Crippen LogP contribution in [-0.2, 0) is 13.1 Å². The first kappa shape index (κ1) is 14.5. The summed E-state index contributed by atoms with van der Waals surface area (Å²) in [5.41, 5.74) is 2.36. The van der Waals surface area contributed by atoms with Gasteiger partial charge in [0.15, 0.2) is 0 Å². The molecule has 1 aliphatic carbocycles. The molecule has 19 heavy (non-hydrogen) atoms. The number of pyridine rings is 1. The first-order valence-corrected chi connectivity index (χ1v) is 7.69. The largest absolute Gasteiger partial charge is 0.311 e. The van der Waals surface area contributed by atoms with E-state index in [-0.39, 0.29) is 0 Å². The molecule has 0 aromatic carbocycles. The highest BCUT2D eigenvalue weighted by molar-refractivity contribution is 5.11. The molecule has 2 rings (SSSR count). The van der Waals surface area contributed by atoms with Gasteiger partial charge in [-0.1, -0.05) is 26.3 Å². The average Bonchev–Trinajstić information content (AvgIpc) is 2.39. The topological polar surface area (TPSA) is 28.2 Å². The lowest BCUT2D eigenvalue weighted by atomic mass is 9.85. The molecule has 0 amide bonds. The SMILES string of the molecule is CCNCc1cccc(CN(CC)CC2CCC2)n1. The summed E-state index contributed by atoms with van der Waals surface area (Å²) in [6, 6.07) is 6.39. The third kappa shape index (κ3) is 4.59. The van der Waals surface area contributed by atoms with Gasteiger partial charge in [0.05, 0.1) is 11.4 Å². The van der Waals surface area contributed by atoms with E-state index in [2.05, 4.69) is 42.3 Å². The molecule has 0 aliphatic heterocycles. The average molecular weight is 261 g/mol. The molecule has 0 atom stereocenters. The van der Waals surface area contributed by atoms with Gasteiger partial charge < -0.3 is 5.32 Å². The number of nitrogens with one attached hydrogen (secondary N) is 1. The number of hydrogen-bond acceptors (Lipinski definition) is 3. The Balaban J connectivity index is 1.88. The standard InChI is InChI=1S/C16H27N3/c1-3-17-11-15-9-6-10-16(18-15)13-19(4-2)12-14-7-5-8-14/h6,9-10,14,17H,3-5,7-8,11-13H2,1-2H3. The lowest BCUT2D eigenvalue weighted by Gasteiger charge is -2.31. The van der Waals surface area contributed by atoms with Crippen LogP contribution in [0.3, 0.4) is 0 Å². The van der Waals surface area contributed by atoms with E-state index in [1.54, 1.807) is 0 Å². The predicted molar refractivity (Wildman–Crippen MR) is 79.9 cm³/mol. The highest BCUT2D eigenvalue weighted by Gasteiger charge is 2.20. The van der Waals surface area contributed by atoms with Crippen LogP contribution in [0.5, 0.6) is 0 Å². The Labute approximate surface area is 117 Å². The third-order valence-electron chi connectivity index (χ3n) is 3.99. The summed E-state index contributed by atoms with van der Waals surface area (Å²) in [6.07, 6.45) is 4.27. The molecule has 1 saturated carbocycles. The Morgan fingerprint density at radius 2 is 2.05 bits per heavy atom. The monoisotopic (exact) mass is 261 g/mol. The van der Waals surface area contributed by atoms with Crippen molar-refractivity contribution in [1.29, 1.82) is 0 Å². The van der Waals surface area contributed by atoms with E-state index < -0.39 is 0 Å². The lowest BCUT2D eigenvalue weighted by molar-refractivity contribution is 0.176. The Kier molecular flexibility index (Phi) is 5.80. The van der Waals surface area contributed by atoms with Crippen LogP contribution in [0.15, 0.2) is 18.2 Å². The maximum absolute atomic E-state index is 4.74. The summed E-state index contributed by atoms with van der Waals surface area (Å²) in [4.78, 5) is 7.28. The number of hydrogen-bond donors (Lipinski definition) is 1. The molecule has 0 radical (unpaired) electrons. The van der Waals surface area contributed by atoms with E-state index in [1.807, 2.05) is 0 Å². The summed E-state index contributed by atoms with van der Waals surface area (Å²) >= 11 is 0. The summed E-state index contributed by atoms with van der Waals surface area (Å²) in [5.74, 6) is 0.935. The van der Waals surface area contributed by atoms with E-state index >= 15 is 0 Å². The zero-order valence-electron chi connectivity index (χ0n) is 12.4. The van der Waals surface area contributed by atoms with Crippen molar-refractivity contribution in [2.75, 3.05) is 19.6 Å². The van der Waals surface area contributed by atoms with Crippen LogP contribution in [0.2, 0.25) is 0 Å². The first-order chi connectivity index (χ1) is 9.31. The molecule has 1 fully saturated rings. The minimum atomic E-state index is 0.874. The van der Waals surface area contributed by atoms with Crippen molar-refractivity contribution in [1.82, 2.24) is 15.2 Å².